The van der Waals surface area contributed by atoms with Crippen molar-refractivity contribution in [2.75, 3.05) is 20.1 Å². The number of halogens is 1. The van der Waals surface area contributed by atoms with Crippen molar-refractivity contribution in [3.05, 3.63) is 40.3 Å². The number of benzene rings is 1. The molecule has 0 saturated carbocycles. The molecule has 1 saturated heterocycles. The summed E-state index contributed by atoms with van der Waals surface area (Å²) in [5.41, 5.74) is 0.250. The first-order valence-electron chi connectivity index (χ1n) is 8.97. The standard InChI is InChI=1S/C19H26N4O2.ClH/c1-13(2)11-23-18(24)16-9-5-4-8-15(16)17(21-23)19(25)22-10-6-7-14(12-22)20-3;/h4-5,8-9,13-14,20H,6-7,10-12H2,1-3H3;1H. The Morgan fingerprint density at radius 2 is 2.00 bits per heavy atom. The summed E-state index contributed by atoms with van der Waals surface area (Å²) in [6.45, 7) is 5.98. The van der Waals surface area contributed by atoms with Crippen LogP contribution in [0.3, 0.4) is 0 Å². The maximum absolute atomic E-state index is 13.1. The van der Waals surface area contributed by atoms with Crippen molar-refractivity contribution in [3.63, 3.8) is 0 Å². The predicted molar refractivity (Wildman–Crippen MR) is 106 cm³/mol. The molecule has 0 aliphatic carbocycles. The van der Waals surface area contributed by atoms with Crippen LogP contribution in [0.2, 0.25) is 0 Å². The molecule has 1 unspecified atom stereocenters. The topological polar surface area (TPSA) is 67.2 Å². The number of carbonyl (C=O) groups is 1. The molecule has 1 amide bonds. The quantitative estimate of drug-likeness (QED) is 0.886. The van der Waals surface area contributed by atoms with E-state index in [4.69, 9.17) is 0 Å². The molecule has 2 aromatic rings. The highest BCUT2D eigenvalue weighted by Crippen LogP contribution is 2.18. The molecule has 1 aromatic heterocycles. The second kappa shape index (κ2) is 8.64. The SMILES string of the molecule is CNC1CCCN(C(=O)c2nn(CC(C)C)c(=O)c3ccccc23)C1.Cl. The van der Waals surface area contributed by atoms with Crippen LogP contribution in [0.15, 0.2) is 29.1 Å². The van der Waals surface area contributed by atoms with Gasteiger partial charge in [-0.2, -0.15) is 5.10 Å². The van der Waals surface area contributed by atoms with E-state index in [0.717, 1.165) is 19.4 Å². The van der Waals surface area contributed by atoms with Crippen LogP contribution in [-0.2, 0) is 6.54 Å². The lowest BCUT2D eigenvalue weighted by atomic mass is 10.0. The summed E-state index contributed by atoms with van der Waals surface area (Å²) < 4.78 is 1.44. The first-order valence-corrected chi connectivity index (χ1v) is 8.97. The lowest BCUT2D eigenvalue weighted by molar-refractivity contribution is 0.0691. The molecule has 6 nitrogen and oxygen atoms in total. The van der Waals surface area contributed by atoms with Gasteiger partial charge in [-0.1, -0.05) is 32.0 Å². The molecule has 3 rings (SSSR count). The minimum Gasteiger partial charge on any atom is -0.336 e. The van der Waals surface area contributed by atoms with Gasteiger partial charge in [0, 0.05) is 31.1 Å². The third-order valence-electron chi connectivity index (χ3n) is 4.73. The normalized spacial score (nSPS) is 17.4. The van der Waals surface area contributed by atoms with Crippen molar-refractivity contribution in [2.45, 2.75) is 39.3 Å². The third-order valence-corrected chi connectivity index (χ3v) is 4.73. The van der Waals surface area contributed by atoms with Crippen LogP contribution >= 0.6 is 12.4 Å². The molecule has 1 N–H and O–H groups in total. The molecule has 26 heavy (non-hydrogen) atoms. The zero-order valence-corrected chi connectivity index (χ0v) is 16.4. The van der Waals surface area contributed by atoms with Crippen molar-refractivity contribution in [3.8, 4) is 0 Å². The molecule has 2 heterocycles. The van der Waals surface area contributed by atoms with Crippen molar-refractivity contribution in [1.29, 1.82) is 0 Å². The Labute approximate surface area is 160 Å². The Kier molecular flexibility index (Phi) is 6.78. The third kappa shape index (κ3) is 4.07. The van der Waals surface area contributed by atoms with Gasteiger partial charge in [0.2, 0.25) is 0 Å². The van der Waals surface area contributed by atoms with Gasteiger partial charge in [0.05, 0.1) is 5.39 Å². The first kappa shape index (κ1) is 20.4. The summed E-state index contributed by atoms with van der Waals surface area (Å²) >= 11 is 0. The highest BCUT2D eigenvalue weighted by molar-refractivity contribution is 6.04. The van der Waals surface area contributed by atoms with Gasteiger partial charge in [-0.05, 0) is 31.9 Å². The van der Waals surface area contributed by atoms with Crippen LogP contribution in [0.5, 0.6) is 0 Å². The molecular formula is C19H27ClN4O2. The fraction of sp³-hybridized carbons (Fsp3) is 0.526. The lowest BCUT2D eigenvalue weighted by Gasteiger charge is -2.32. The van der Waals surface area contributed by atoms with Gasteiger partial charge in [0.15, 0.2) is 5.69 Å². The largest absolute Gasteiger partial charge is 0.336 e. The van der Waals surface area contributed by atoms with Crippen LogP contribution < -0.4 is 10.9 Å². The van der Waals surface area contributed by atoms with Crippen molar-refractivity contribution in [2.24, 2.45) is 5.92 Å². The summed E-state index contributed by atoms with van der Waals surface area (Å²) in [4.78, 5) is 27.7. The Bertz CT molecular complexity index is 834. The fourth-order valence-corrected chi connectivity index (χ4v) is 3.41. The monoisotopic (exact) mass is 378 g/mol. The summed E-state index contributed by atoms with van der Waals surface area (Å²) in [5, 5.41) is 8.92. The molecule has 1 fully saturated rings. The number of fused-ring (bicyclic) bond motifs is 1. The number of hydrogen-bond donors (Lipinski definition) is 1. The molecule has 0 bridgehead atoms. The van der Waals surface area contributed by atoms with E-state index in [2.05, 4.69) is 10.4 Å². The Hall–Kier alpha value is -1.92. The van der Waals surface area contributed by atoms with Crippen LogP contribution in [0.4, 0.5) is 0 Å². The van der Waals surface area contributed by atoms with Gasteiger partial charge < -0.3 is 10.2 Å². The predicted octanol–water partition coefficient (Wildman–Crippen LogP) is 2.30. The molecular weight excluding hydrogens is 352 g/mol. The summed E-state index contributed by atoms with van der Waals surface area (Å²) in [7, 11) is 1.93. The van der Waals surface area contributed by atoms with E-state index in [1.54, 1.807) is 6.07 Å². The van der Waals surface area contributed by atoms with Crippen molar-refractivity contribution >= 4 is 29.1 Å². The number of carbonyl (C=O) groups excluding carboxylic acids is 1. The molecule has 1 aliphatic rings. The number of likely N-dealkylation sites (tertiary alicyclic amines) is 1. The van der Waals surface area contributed by atoms with E-state index < -0.39 is 0 Å². The van der Waals surface area contributed by atoms with E-state index in [-0.39, 0.29) is 29.8 Å². The Morgan fingerprint density at radius 3 is 2.65 bits per heavy atom. The van der Waals surface area contributed by atoms with Crippen LogP contribution in [0.1, 0.15) is 37.2 Å². The lowest BCUT2D eigenvalue weighted by Crippen LogP contribution is -2.47. The van der Waals surface area contributed by atoms with E-state index >= 15 is 0 Å². The van der Waals surface area contributed by atoms with Crippen molar-refractivity contribution in [1.82, 2.24) is 20.0 Å². The van der Waals surface area contributed by atoms with Gasteiger partial charge in [0.1, 0.15) is 0 Å². The summed E-state index contributed by atoms with van der Waals surface area (Å²) in [6.07, 6.45) is 2.04. The zero-order chi connectivity index (χ0) is 18.0. The summed E-state index contributed by atoms with van der Waals surface area (Å²) in [6, 6.07) is 7.58. The number of nitrogens with zero attached hydrogens (tertiary/aromatic N) is 3. The minimum atomic E-state index is -0.132. The maximum Gasteiger partial charge on any atom is 0.275 e. The average molecular weight is 379 g/mol. The number of piperidine rings is 1. The molecule has 142 valence electrons. The van der Waals surface area contributed by atoms with Crippen LogP contribution in [0.25, 0.3) is 10.8 Å². The molecule has 1 aromatic carbocycles. The van der Waals surface area contributed by atoms with Crippen molar-refractivity contribution < 1.29 is 4.79 Å². The van der Waals surface area contributed by atoms with Gasteiger partial charge >= 0.3 is 0 Å². The number of amides is 1. The van der Waals surface area contributed by atoms with Gasteiger partial charge in [-0.15, -0.1) is 12.4 Å². The van der Waals surface area contributed by atoms with E-state index in [9.17, 15) is 9.59 Å². The van der Waals surface area contributed by atoms with Crippen LogP contribution in [-0.4, -0.2) is 46.8 Å². The number of nitrogens with one attached hydrogen (secondary N) is 1. The molecule has 1 aliphatic heterocycles. The molecule has 0 spiro atoms. The van der Waals surface area contributed by atoms with E-state index in [1.807, 2.05) is 44.0 Å². The molecule has 1 atom stereocenters. The minimum absolute atomic E-state index is 0. The van der Waals surface area contributed by atoms with Gasteiger partial charge in [0.25, 0.3) is 11.5 Å². The Balaban J connectivity index is 0.00000243. The number of hydrogen-bond acceptors (Lipinski definition) is 4. The van der Waals surface area contributed by atoms with Gasteiger partial charge in [-0.25, -0.2) is 4.68 Å². The highest BCUT2D eigenvalue weighted by Gasteiger charge is 2.26. The number of aromatic nitrogens is 2. The number of likely N-dealkylation sites (N-methyl/N-ethyl adjacent to an activating group) is 1. The second-order valence-corrected chi connectivity index (χ2v) is 7.15. The van der Waals surface area contributed by atoms with E-state index in [1.165, 1.54) is 4.68 Å². The van der Waals surface area contributed by atoms with Crippen LogP contribution in [0, 0.1) is 5.92 Å². The number of rotatable bonds is 4. The van der Waals surface area contributed by atoms with E-state index in [0.29, 0.717) is 35.6 Å². The second-order valence-electron chi connectivity index (χ2n) is 7.15. The average Bonchev–Trinajstić information content (AvgIpc) is 2.63. The van der Waals surface area contributed by atoms with Gasteiger partial charge in [-0.3, -0.25) is 9.59 Å². The highest BCUT2D eigenvalue weighted by atomic mass is 35.5. The fourth-order valence-electron chi connectivity index (χ4n) is 3.41. The Morgan fingerprint density at radius 1 is 1.31 bits per heavy atom. The maximum atomic E-state index is 13.1. The zero-order valence-electron chi connectivity index (χ0n) is 15.6. The summed E-state index contributed by atoms with van der Waals surface area (Å²) in [5.74, 6) is 0.187. The molecule has 0 radical (unpaired) electrons. The smallest absolute Gasteiger partial charge is 0.275 e. The first-order chi connectivity index (χ1) is 12.0. The molecule has 7 heteroatoms.